The molecule has 0 radical (unpaired) electrons. The van der Waals surface area contributed by atoms with Crippen LogP contribution in [0, 0.1) is 0 Å². The minimum Gasteiger partial charge on any atom is -0.487 e. The second kappa shape index (κ2) is 8.68. The largest absolute Gasteiger partial charge is 0.487 e. The number of carbonyl (C=O) groups excluding carboxylic acids is 1. The molecule has 0 aliphatic heterocycles. The van der Waals surface area contributed by atoms with Crippen molar-refractivity contribution in [2.45, 2.75) is 71.0 Å². The highest BCUT2D eigenvalue weighted by Crippen LogP contribution is 2.27. The van der Waals surface area contributed by atoms with Gasteiger partial charge in [-0.15, -0.1) is 0 Å². The van der Waals surface area contributed by atoms with E-state index in [0.717, 1.165) is 31.2 Å². The van der Waals surface area contributed by atoms with Crippen molar-refractivity contribution < 1.29 is 14.3 Å². The predicted molar refractivity (Wildman–Crippen MR) is 113 cm³/mol. The van der Waals surface area contributed by atoms with Gasteiger partial charge in [0.15, 0.2) is 0 Å². The summed E-state index contributed by atoms with van der Waals surface area (Å²) in [6.45, 7) is 6.97. The molecule has 3 rings (SSSR count). The molecule has 150 valence electrons. The van der Waals surface area contributed by atoms with Gasteiger partial charge in [0.1, 0.15) is 18.5 Å². The lowest BCUT2D eigenvalue weighted by molar-refractivity contribution is 0.0210. The molecular weight excluding hydrogens is 350 g/mol. The van der Waals surface area contributed by atoms with Crippen LogP contribution in [0.1, 0.15) is 74.4 Å². The standard InChI is InChI=1S/C24H31NO3/c1-24(2,3)19-12-9-17(10-13-19)16-27-22-15-18(11-14-21(22)25)23(26)28-20-7-5-4-6-8-20/h9-15,20H,4-8,16,25H2,1-3H3. The van der Waals surface area contributed by atoms with Crippen molar-refractivity contribution in [1.29, 1.82) is 0 Å². The Hall–Kier alpha value is -2.49. The average Bonchev–Trinajstić information content (AvgIpc) is 2.67. The number of esters is 1. The zero-order valence-corrected chi connectivity index (χ0v) is 17.2. The van der Waals surface area contributed by atoms with Crippen LogP contribution in [0.5, 0.6) is 5.75 Å². The Morgan fingerprint density at radius 1 is 1.04 bits per heavy atom. The number of benzene rings is 2. The first kappa shape index (κ1) is 20.2. The lowest BCUT2D eigenvalue weighted by Gasteiger charge is -2.22. The van der Waals surface area contributed by atoms with E-state index in [4.69, 9.17) is 15.2 Å². The summed E-state index contributed by atoms with van der Waals surface area (Å²) in [5, 5.41) is 0. The molecule has 2 N–H and O–H groups in total. The number of anilines is 1. The zero-order chi connectivity index (χ0) is 20.1. The maximum absolute atomic E-state index is 12.5. The molecule has 28 heavy (non-hydrogen) atoms. The number of carbonyl (C=O) groups is 1. The SMILES string of the molecule is CC(C)(C)c1ccc(COc2cc(C(=O)OC3CCCCC3)ccc2N)cc1. The number of nitrogen functional groups attached to an aromatic ring is 1. The summed E-state index contributed by atoms with van der Waals surface area (Å²) in [6.07, 6.45) is 5.42. The summed E-state index contributed by atoms with van der Waals surface area (Å²) >= 11 is 0. The molecule has 1 saturated carbocycles. The molecule has 0 unspecified atom stereocenters. The summed E-state index contributed by atoms with van der Waals surface area (Å²) in [7, 11) is 0. The third kappa shape index (κ3) is 5.28. The summed E-state index contributed by atoms with van der Waals surface area (Å²) < 4.78 is 11.5. The van der Waals surface area contributed by atoms with Crippen LogP contribution in [-0.4, -0.2) is 12.1 Å². The molecule has 2 aromatic carbocycles. The predicted octanol–water partition coefficient (Wildman–Crippen LogP) is 5.63. The fraction of sp³-hybridized carbons (Fsp3) is 0.458. The van der Waals surface area contributed by atoms with Gasteiger partial charge in [0.05, 0.1) is 11.3 Å². The first-order valence-corrected chi connectivity index (χ1v) is 10.2. The van der Waals surface area contributed by atoms with Crippen molar-refractivity contribution in [2.75, 3.05) is 5.73 Å². The third-order valence-electron chi connectivity index (χ3n) is 5.29. The summed E-state index contributed by atoms with van der Waals surface area (Å²) in [6, 6.07) is 13.5. The van der Waals surface area contributed by atoms with E-state index in [9.17, 15) is 4.79 Å². The fourth-order valence-corrected chi connectivity index (χ4v) is 3.45. The van der Waals surface area contributed by atoms with E-state index in [1.54, 1.807) is 18.2 Å². The highest BCUT2D eigenvalue weighted by molar-refractivity contribution is 5.90. The Morgan fingerprint density at radius 3 is 2.36 bits per heavy atom. The topological polar surface area (TPSA) is 61.5 Å². The minimum atomic E-state index is -0.300. The molecule has 1 aliphatic carbocycles. The van der Waals surface area contributed by atoms with Crippen LogP contribution in [0.2, 0.25) is 0 Å². The van der Waals surface area contributed by atoms with Gasteiger partial charge in [0, 0.05) is 0 Å². The van der Waals surface area contributed by atoms with Crippen molar-refractivity contribution in [2.24, 2.45) is 0 Å². The first-order valence-electron chi connectivity index (χ1n) is 10.2. The Bertz CT molecular complexity index is 800. The van der Waals surface area contributed by atoms with Gasteiger partial charge in [0.2, 0.25) is 0 Å². The number of hydrogen-bond donors (Lipinski definition) is 1. The van der Waals surface area contributed by atoms with Gasteiger partial charge in [-0.05, 0) is 60.4 Å². The van der Waals surface area contributed by atoms with Gasteiger partial charge in [-0.2, -0.15) is 0 Å². The number of nitrogens with two attached hydrogens (primary N) is 1. The van der Waals surface area contributed by atoms with E-state index in [-0.39, 0.29) is 17.5 Å². The lowest BCUT2D eigenvalue weighted by atomic mass is 9.87. The average molecular weight is 382 g/mol. The summed E-state index contributed by atoms with van der Waals surface area (Å²) in [5.74, 6) is 0.212. The van der Waals surface area contributed by atoms with Crippen molar-refractivity contribution in [3.8, 4) is 5.75 Å². The van der Waals surface area contributed by atoms with E-state index in [2.05, 4.69) is 45.0 Å². The molecule has 4 nitrogen and oxygen atoms in total. The van der Waals surface area contributed by atoms with E-state index >= 15 is 0 Å². The number of hydrogen-bond acceptors (Lipinski definition) is 4. The summed E-state index contributed by atoms with van der Waals surface area (Å²) in [5.41, 5.74) is 9.50. The summed E-state index contributed by atoms with van der Waals surface area (Å²) in [4.78, 5) is 12.5. The van der Waals surface area contributed by atoms with Crippen LogP contribution in [0.4, 0.5) is 5.69 Å². The van der Waals surface area contributed by atoms with Gasteiger partial charge in [-0.1, -0.05) is 51.5 Å². The maximum atomic E-state index is 12.5. The van der Waals surface area contributed by atoms with Gasteiger partial charge >= 0.3 is 5.97 Å². The molecule has 4 heteroatoms. The van der Waals surface area contributed by atoms with Crippen LogP contribution in [0.15, 0.2) is 42.5 Å². The van der Waals surface area contributed by atoms with Crippen LogP contribution in [-0.2, 0) is 16.8 Å². The van der Waals surface area contributed by atoms with E-state index in [1.165, 1.54) is 12.0 Å². The van der Waals surface area contributed by atoms with E-state index in [1.807, 2.05) is 0 Å². The Kier molecular flexibility index (Phi) is 6.28. The van der Waals surface area contributed by atoms with Crippen LogP contribution >= 0.6 is 0 Å². The van der Waals surface area contributed by atoms with Gasteiger partial charge in [-0.3, -0.25) is 0 Å². The Balaban J connectivity index is 1.63. The second-order valence-corrected chi connectivity index (χ2v) is 8.65. The number of ether oxygens (including phenoxy) is 2. The van der Waals surface area contributed by atoms with Crippen LogP contribution in [0.25, 0.3) is 0 Å². The Morgan fingerprint density at radius 2 is 1.71 bits per heavy atom. The maximum Gasteiger partial charge on any atom is 0.338 e. The molecule has 0 atom stereocenters. The monoisotopic (exact) mass is 381 g/mol. The molecule has 0 bridgehead atoms. The van der Waals surface area contributed by atoms with Crippen LogP contribution < -0.4 is 10.5 Å². The lowest BCUT2D eigenvalue weighted by Crippen LogP contribution is -2.21. The molecule has 1 aliphatic rings. The van der Waals surface area contributed by atoms with E-state index in [0.29, 0.717) is 23.6 Å². The molecule has 0 spiro atoms. The zero-order valence-electron chi connectivity index (χ0n) is 17.2. The first-order chi connectivity index (χ1) is 13.3. The van der Waals surface area contributed by atoms with Crippen molar-refractivity contribution in [1.82, 2.24) is 0 Å². The quantitative estimate of drug-likeness (QED) is 0.538. The molecular formula is C24H31NO3. The van der Waals surface area contributed by atoms with E-state index < -0.39 is 0 Å². The molecule has 0 amide bonds. The molecule has 0 heterocycles. The highest BCUT2D eigenvalue weighted by atomic mass is 16.5. The normalized spacial score (nSPS) is 15.2. The second-order valence-electron chi connectivity index (χ2n) is 8.65. The van der Waals surface area contributed by atoms with Gasteiger partial charge in [0.25, 0.3) is 0 Å². The smallest absolute Gasteiger partial charge is 0.338 e. The van der Waals surface area contributed by atoms with Crippen molar-refractivity contribution in [3.63, 3.8) is 0 Å². The van der Waals surface area contributed by atoms with Crippen molar-refractivity contribution in [3.05, 3.63) is 59.2 Å². The third-order valence-corrected chi connectivity index (χ3v) is 5.29. The molecule has 2 aromatic rings. The molecule has 0 aromatic heterocycles. The minimum absolute atomic E-state index is 0.0319. The molecule has 0 saturated heterocycles. The highest BCUT2D eigenvalue weighted by Gasteiger charge is 2.19. The Labute approximate surface area is 168 Å². The molecule has 1 fully saturated rings. The number of rotatable bonds is 5. The van der Waals surface area contributed by atoms with Gasteiger partial charge < -0.3 is 15.2 Å². The fourth-order valence-electron chi connectivity index (χ4n) is 3.45. The van der Waals surface area contributed by atoms with Gasteiger partial charge in [-0.25, -0.2) is 4.79 Å². The van der Waals surface area contributed by atoms with Crippen LogP contribution in [0.3, 0.4) is 0 Å². The van der Waals surface area contributed by atoms with Crippen molar-refractivity contribution >= 4 is 11.7 Å².